The average Bonchev–Trinajstić information content (AvgIpc) is 3.37. The fraction of sp³-hybridized carbons (Fsp3) is 0.300. The second-order valence-electron chi connectivity index (χ2n) is 6.65. The van der Waals surface area contributed by atoms with E-state index in [2.05, 4.69) is 25.2 Å². The zero-order valence-electron chi connectivity index (χ0n) is 15.5. The minimum atomic E-state index is -0.213. The molecule has 3 heterocycles. The van der Waals surface area contributed by atoms with Crippen LogP contribution >= 0.6 is 22.9 Å². The Morgan fingerprint density at radius 1 is 1.25 bits per heavy atom. The summed E-state index contributed by atoms with van der Waals surface area (Å²) in [5.74, 6) is 0.600. The number of hydrogen-bond acceptors (Lipinski definition) is 6. The van der Waals surface area contributed by atoms with E-state index in [4.69, 9.17) is 11.6 Å². The zero-order chi connectivity index (χ0) is 19.5. The summed E-state index contributed by atoms with van der Waals surface area (Å²) >= 11 is 7.81. The third kappa shape index (κ3) is 4.00. The first kappa shape index (κ1) is 18.8. The van der Waals surface area contributed by atoms with E-state index in [1.807, 2.05) is 31.2 Å². The lowest BCUT2D eigenvalue weighted by molar-refractivity contribution is 0.0946. The maximum atomic E-state index is 12.6. The molecule has 0 aliphatic carbocycles. The second-order valence-corrected chi connectivity index (χ2v) is 8.14. The van der Waals surface area contributed by atoms with E-state index in [0.717, 1.165) is 52.9 Å². The summed E-state index contributed by atoms with van der Waals surface area (Å²) in [4.78, 5) is 28.8. The van der Waals surface area contributed by atoms with Crippen LogP contribution in [-0.2, 0) is 6.54 Å². The number of aryl methyl sites for hydroxylation is 1. The largest absolute Gasteiger partial charge is 0.357 e. The Labute approximate surface area is 172 Å². The van der Waals surface area contributed by atoms with Gasteiger partial charge in [-0.25, -0.2) is 15.0 Å². The molecule has 0 unspecified atom stereocenters. The molecule has 1 fully saturated rings. The quantitative estimate of drug-likeness (QED) is 0.682. The van der Waals surface area contributed by atoms with Crippen LogP contribution < -0.4 is 10.2 Å². The first-order chi connectivity index (χ1) is 13.6. The maximum absolute atomic E-state index is 12.6. The number of carbonyl (C=O) groups excluding carboxylic acids is 1. The number of nitrogens with one attached hydrogen (secondary N) is 1. The molecule has 1 N–H and O–H groups in total. The van der Waals surface area contributed by atoms with Crippen molar-refractivity contribution < 1.29 is 4.79 Å². The fourth-order valence-electron chi connectivity index (χ4n) is 3.18. The lowest BCUT2D eigenvalue weighted by Gasteiger charge is -2.16. The molecule has 4 rings (SSSR count). The van der Waals surface area contributed by atoms with E-state index in [-0.39, 0.29) is 5.91 Å². The van der Waals surface area contributed by atoms with Gasteiger partial charge in [0.2, 0.25) is 0 Å². The average molecular weight is 414 g/mol. The van der Waals surface area contributed by atoms with Crippen molar-refractivity contribution in [2.45, 2.75) is 26.3 Å². The molecule has 0 radical (unpaired) electrons. The van der Waals surface area contributed by atoms with Crippen molar-refractivity contribution >= 4 is 34.7 Å². The number of halogens is 1. The summed E-state index contributed by atoms with van der Waals surface area (Å²) in [5, 5.41) is 4.46. The molecule has 0 saturated carbocycles. The van der Waals surface area contributed by atoms with Crippen LogP contribution in [0.2, 0.25) is 5.02 Å². The van der Waals surface area contributed by atoms with E-state index in [9.17, 15) is 4.79 Å². The standard InChI is InChI=1S/C20H20ClN5OS/c1-13-17(28-20(25-13)14-6-2-3-7-15(14)21)11-22-19(27)16-10-18(24-12-23-16)26-8-4-5-9-26/h2-3,6-7,10,12H,4-5,8-9,11H2,1H3,(H,22,27). The van der Waals surface area contributed by atoms with Gasteiger partial charge in [-0.15, -0.1) is 11.3 Å². The number of amides is 1. The van der Waals surface area contributed by atoms with Gasteiger partial charge in [0.15, 0.2) is 0 Å². The highest BCUT2D eigenvalue weighted by molar-refractivity contribution is 7.15. The molecule has 0 bridgehead atoms. The van der Waals surface area contributed by atoms with Gasteiger partial charge in [0, 0.05) is 29.6 Å². The highest BCUT2D eigenvalue weighted by Crippen LogP contribution is 2.32. The number of nitrogens with zero attached hydrogens (tertiary/aromatic N) is 4. The normalized spacial score (nSPS) is 13.7. The van der Waals surface area contributed by atoms with Crippen molar-refractivity contribution in [2.75, 3.05) is 18.0 Å². The van der Waals surface area contributed by atoms with Crippen LogP contribution in [0.3, 0.4) is 0 Å². The van der Waals surface area contributed by atoms with Gasteiger partial charge in [0.25, 0.3) is 5.91 Å². The number of anilines is 1. The number of thiazole rings is 1. The lowest BCUT2D eigenvalue weighted by Crippen LogP contribution is -2.25. The molecule has 8 heteroatoms. The number of carbonyl (C=O) groups is 1. The lowest BCUT2D eigenvalue weighted by atomic mass is 10.2. The number of hydrogen-bond donors (Lipinski definition) is 1. The summed E-state index contributed by atoms with van der Waals surface area (Å²) in [6.07, 6.45) is 3.77. The van der Waals surface area contributed by atoms with Gasteiger partial charge in [-0.1, -0.05) is 29.8 Å². The van der Waals surface area contributed by atoms with E-state index in [1.54, 1.807) is 6.07 Å². The van der Waals surface area contributed by atoms with Gasteiger partial charge >= 0.3 is 0 Å². The van der Waals surface area contributed by atoms with Crippen molar-refractivity contribution in [3.63, 3.8) is 0 Å². The third-order valence-corrected chi connectivity index (χ3v) is 6.24. The van der Waals surface area contributed by atoms with E-state index < -0.39 is 0 Å². The topological polar surface area (TPSA) is 71.0 Å². The van der Waals surface area contributed by atoms with Crippen molar-refractivity contribution in [1.82, 2.24) is 20.3 Å². The molecule has 1 aliphatic rings. The van der Waals surface area contributed by atoms with E-state index in [0.29, 0.717) is 17.3 Å². The van der Waals surface area contributed by atoms with Crippen LogP contribution in [0.5, 0.6) is 0 Å². The van der Waals surface area contributed by atoms with Gasteiger partial charge < -0.3 is 10.2 Å². The summed E-state index contributed by atoms with van der Waals surface area (Å²) in [6.45, 7) is 4.29. The molecule has 1 amide bonds. The summed E-state index contributed by atoms with van der Waals surface area (Å²) < 4.78 is 0. The molecular formula is C20H20ClN5OS. The highest BCUT2D eigenvalue weighted by Gasteiger charge is 2.17. The van der Waals surface area contributed by atoms with Crippen LogP contribution in [0, 0.1) is 6.92 Å². The molecule has 0 atom stereocenters. The molecule has 1 aromatic carbocycles. The van der Waals surface area contributed by atoms with Gasteiger partial charge in [-0.05, 0) is 25.8 Å². The van der Waals surface area contributed by atoms with Gasteiger partial charge in [-0.3, -0.25) is 4.79 Å². The van der Waals surface area contributed by atoms with Gasteiger partial charge in [0.1, 0.15) is 22.8 Å². The molecule has 144 valence electrons. The van der Waals surface area contributed by atoms with Gasteiger partial charge in [0.05, 0.1) is 17.3 Å². The van der Waals surface area contributed by atoms with Crippen molar-refractivity contribution in [3.8, 4) is 10.6 Å². The minimum absolute atomic E-state index is 0.213. The van der Waals surface area contributed by atoms with Crippen LogP contribution in [-0.4, -0.2) is 33.9 Å². The Bertz CT molecular complexity index is 1000. The molecular weight excluding hydrogens is 394 g/mol. The zero-order valence-corrected chi connectivity index (χ0v) is 17.1. The summed E-state index contributed by atoms with van der Waals surface area (Å²) in [5.41, 5.74) is 2.17. The SMILES string of the molecule is Cc1nc(-c2ccccc2Cl)sc1CNC(=O)c1cc(N2CCCC2)ncn1. The van der Waals surface area contributed by atoms with Crippen molar-refractivity contribution in [3.05, 3.63) is 57.9 Å². The number of rotatable bonds is 5. The number of aromatic nitrogens is 3. The van der Waals surface area contributed by atoms with Gasteiger partial charge in [-0.2, -0.15) is 0 Å². The van der Waals surface area contributed by atoms with Crippen LogP contribution in [0.25, 0.3) is 10.6 Å². The summed E-state index contributed by atoms with van der Waals surface area (Å²) in [6, 6.07) is 9.39. The van der Waals surface area contributed by atoms with Crippen LogP contribution in [0.1, 0.15) is 33.9 Å². The predicted octanol–water partition coefficient (Wildman–Crippen LogP) is 4.09. The summed E-state index contributed by atoms with van der Waals surface area (Å²) in [7, 11) is 0. The van der Waals surface area contributed by atoms with Crippen LogP contribution in [0.15, 0.2) is 36.7 Å². The monoisotopic (exact) mass is 413 g/mol. The Morgan fingerprint density at radius 2 is 2.04 bits per heavy atom. The molecule has 28 heavy (non-hydrogen) atoms. The highest BCUT2D eigenvalue weighted by atomic mass is 35.5. The predicted molar refractivity (Wildman–Crippen MR) is 112 cm³/mol. The van der Waals surface area contributed by atoms with Crippen molar-refractivity contribution in [1.29, 1.82) is 0 Å². The van der Waals surface area contributed by atoms with E-state index >= 15 is 0 Å². The Balaban J connectivity index is 1.45. The van der Waals surface area contributed by atoms with E-state index in [1.165, 1.54) is 17.7 Å². The molecule has 1 aliphatic heterocycles. The minimum Gasteiger partial charge on any atom is -0.357 e. The fourth-order valence-corrected chi connectivity index (χ4v) is 4.51. The first-order valence-electron chi connectivity index (χ1n) is 9.18. The Morgan fingerprint density at radius 3 is 2.82 bits per heavy atom. The molecule has 6 nitrogen and oxygen atoms in total. The smallest absolute Gasteiger partial charge is 0.270 e. The molecule has 3 aromatic rings. The maximum Gasteiger partial charge on any atom is 0.270 e. The number of benzene rings is 1. The Hall–Kier alpha value is -2.51. The first-order valence-corrected chi connectivity index (χ1v) is 10.4. The molecule has 0 spiro atoms. The molecule has 1 saturated heterocycles. The Kier molecular flexibility index (Phi) is 5.54. The third-order valence-electron chi connectivity index (χ3n) is 4.72. The van der Waals surface area contributed by atoms with Crippen LogP contribution in [0.4, 0.5) is 5.82 Å². The second kappa shape index (κ2) is 8.24. The van der Waals surface area contributed by atoms with Crippen molar-refractivity contribution in [2.24, 2.45) is 0 Å². The molecule has 2 aromatic heterocycles.